The fourth-order valence-corrected chi connectivity index (χ4v) is 6.19. The van der Waals surface area contributed by atoms with E-state index in [0.29, 0.717) is 0 Å². The summed E-state index contributed by atoms with van der Waals surface area (Å²) >= 11 is 0. The second-order valence-electron chi connectivity index (χ2n) is 10.6. The Bertz CT molecular complexity index is 2030. The number of para-hydroxylation sites is 1. The summed E-state index contributed by atoms with van der Waals surface area (Å²) in [7, 11) is 0. The van der Waals surface area contributed by atoms with Crippen molar-refractivity contribution in [1.29, 1.82) is 0 Å². The molecule has 0 fully saturated rings. The maximum Gasteiger partial charge on any atom is 0.135 e. The molecule has 0 spiro atoms. The van der Waals surface area contributed by atoms with Gasteiger partial charge in [0.15, 0.2) is 0 Å². The minimum Gasteiger partial charge on any atom is -0.456 e. The van der Waals surface area contributed by atoms with E-state index in [4.69, 9.17) is 4.42 Å². The van der Waals surface area contributed by atoms with Crippen molar-refractivity contribution in [2.24, 2.45) is 0 Å². The summed E-state index contributed by atoms with van der Waals surface area (Å²) in [5.41, 5.74) is 13.9. The maximum absolute atomic E-state index is 6.08. The van der Waals surface area contributed by atoms with Crippen molar-refractivity contribution in [1.82, 2.24) is 9.55 Å². The van der Waals surface area contributed by atoms with Gasteiger partial charge in [0, 0.05) is 49.0 Å². The molecular weight excluding hydrogens is 681 g/mol. The third-order valence-electron chi connectivity index (χ3n) is 7.97. The third kappa shape index (κ3) is 4.54. The zero-order valence-corrected chi connectivity index (χ0v) is 25.8. The number of furan rings is 1. The van der Waals surface area contributed by atoms with Crippen LogP contribution in [0.25, 0.3) is 61.3 Å². The second-order valence-corrected chi connectivity index (χ2v) is 10.6. The minimum absolute atomic E-state index is 0. The standard InChI is InChI=1S/C37H29N2O.Ir/c1-23-14-16-30(28-15-17-34-32(22-28)31-12-8-9-13-33(31)40-34)26(4)35(23)29-20-24(2)36(25(3)21-29)39-19-18-38-37(39)27-10-6-5-7-11-27;/h5-10,12-22H,1-4H3;/q-1;. The van der Waals surface area contributed by atoms with Gasteiger partial charge < -0.3 is 8.98 Å². The minimum atomic E-state index is 0. The van der Waals surface area contributed by atoms with E-state index in [1.165, 1.54) is 44.5 Å². The van der Waals surface area contributed by atoms with Crippen LogP contribution in [0.1, 0.15) is 22.3 Å². The fourth-order valence-electron chi connectivity index (χ4n) is 6.19. The van der Waals surface area contributed by atoms with Crippen molar-refractivity contribution < 1.29 is 24.5 Å². The van der Waals surface area contributed by atoms with Gasteiger partial charge in [-0.3, -0.25) is 4.98 Å². The molecule has 0 saturated carbocycles. The Balaban J connectivity index is 0.00000302. The molecule has 2 aromatic heterocycles. The topological polar surface area (TPSA) is 31.0 Å². The fraction of sp³-hybridized carbons (Fsp3) is 0.108. The van der Waals surface area contributed by atoms with Gasteiger partial charge in [-0.1, -0.05) is 36.4 Å². The molecule has 0 aliphatic rings. The predicted molar refractivity (Wildman–Crippen MR) is 165 cm³/mol. The van der Waals surface area contributed by atoms with Crippen LogP contribution in [-0.2, 0) is 20.1 Å². The molecule has 7 aromatic rings. The molecule has 0 aliphatic carbocycles. The van der Waals surface area contributed by atoms with E-state index >= 15 is 0 Å². The summed E-state index contributed by atoms with van der Waals surface area (Å²) in [6.45, 7) is 8.83. The predicted octanol–water partition coefficient (Wildman–Crippen LogP) is 9.80. The molecule has 7 rings (SSSR count). The van der Waals surface area contributed by atoms with Crippen molar-refractivity contribution in [2.75, 3.05) is 0 Å². The van der Waals surface area contributed by atoms with Crippen molar-refractivity contribution >= 4 is 21.9 Å². The number of hydrogen-bond donors (Lipinski definition) is 0. The molecule has 0 aliphatic heterocycles. The molecule has 2 heterocycles. The first-order valence-corrected chi connectivity index (χ1v) is 13.6. The van der Waals surface area contributed by atoms with Gasteiger partial charge in [0.1, 0.15) is 11.2 Å². The Hall–Kier alpha value is -4.24. The van der Waals surface area contributed by atoms with Crippen LogP contribution >= 0.6 is 0 Å². The zero-order chi connectivity index (χ0) is 27.4. The maximum atomic E-state index is 6.08. The number of aryl methyl sites for hydroxylation is 3. The van der Waals surface area contributed by atoms with Gasteiger partial charge in [-0.05, 0) is 103 Å². The summed E-state index contributed by atoms with van der Waals surface area (Å²) < 4.78 is 8.26. The van der Waals surface area contributed by atoms with Crippen molar-refractivity contribution in [3.63, 3.8) is 0 Å². The van der Waals surface area contributed by atoms with Crippen LogP contribution in [0, 0.1) is 33.8 Å². The van der Waals surface area contributed by atoms with Gasteiger partial charge in [-0.2, -0.15) is 0 Å². The average molecular weight is 710 g/mol. The first kappa shape index (κ1) is 27.0. The van der Waals surface area contributed by atoms with Crippen LogP contribution in [0.3, 0.4) is 0 Å². The summed E-state index contributed by atoms with van der Waals surface area (Å²) in [6, 6.07) is 35.2. The van der Waals surface area contributed by atoms with Crippen LogP contribution in [0.2, 0.25) is 0 Å². The summed E-state index contributed by atoms with van der Waals surface area (Å²) in [5, 5.41) is 2.30. The van der Waals surface area contributed by atoms with E-state index in [1.807, 2.05) is 42.7 Å². The van der Waals surface area contributed by atoms with Gasteiger partial charge in [-0.25, -0.2) is 0 Å². The van der Waals surface area contributed by atoms with E-state index in [0.717, 1.165) is 39.0 Å². The molecule has 0 atom stereocenters. The molecule has 5 aromatic carbocycles. The SMILES string of the molecule is Cc1ccc(-c2ccc3oc4ccccc4c3c2)c(C)c1-c1cc(C)c(-n2ccnc2-c2[c-]cccc2)c(C)c1.[Ir]. The molecule has 0 saturated heterocycles. The Labute approximate surface area is 253 Å². The van der Waals surface area contributed by atoms with Crippen molar-refractivity contribution in [3.8, 4) is 39.3 Å². The first-order chi connectivity index (χ1) is 19.5. The average Bonchev–Trinajstić information content (AvgIpc) is 3.58. The zero-order valence-electron chi connectivity index (χ0n) is 23.5. The van der Waals surface area contributed by atoms with Gasteiger partial charge in [0.05, 0.1) is 5.82 Å². The van der Waals surface area contributed by atoms with Gasteiger partial charge in [-0.15, -0.1) is 35.9 Å². The van der Waals surface area contributed by atoms with Crippen LogP contribution in [0.4, 0.5) is 0 Å². The second kappa shape index (κ2) is 10.6. The van der Waals surface area contributed by atoms with Crippen molar-refractivity contribution in [2.45, 2.75) is 27.7 Å². The van der Waals surface area contributed by atoms with E-state index in [-0.39, 0.29) is 20.1 Å². The Kier molecular flexibility index (Phi) is 6.99. The summed E-state index contributed by atoms with van der Waals surface area (Å²) in [6.07, 6.45) is 3.90. The molecule has 3 nitrogen and oxygen atoms in total. The number of imidazole rings is 1. The summed E-state index contributed by atoms with van der Waals surface area (Å²) in [4.78, 5) is 4.66. The monoisotopic (exact) mass is 710 g/mol. The van der Waals surface area contributed by atoms with Crippen LogP contribution in [0.15, 0.2) is 108 Å². The molecule has 0 N–H and O–H groups in total. The number of nitrogens with zero attached hydrogens (tertiary/aromatic N) is 2. The van der Waals surface area contributed by atoms with Crippen molar-refractivity contribution in [3.05, 3.63) is 132 Å². The molecule has 0 bridgehead atoms. The van der Waals surface area contributed by atoms with Gasteiger partial charge in [0.2, 0.25) is 0 Å². The van der Waals surface area contributed by atoms with Gasteiger partial charge in [0.25, 0.3) is 0 Å². The largest absolute Gasteiger partial charge is 0.456 e. The number of rotatable bonds is 4. The molecule has 41 heavy (non-hydrogen) atoms. The molecule has 1 radical (unpaired) electrons. The Morgan fingerprint density at radius 1 is 0.707 bits per heavy atom. The Morgan fingerprint density at radius 2 is 1.46 bits per heavy atom. The van der Waals surface area contributed by atoms with E-state index in [1.54, 1.807) is 0 Å². The van der Waals surface area contributed by atoms with Crippen LogP contribution < -0.4 is 0 Å². The molecule has 0 unspecified atom stereocenters. The number of fused-ring (bicyclic) bond motifs is 3. The molecule has 0 amide bonds. The first-order valence-electron chi connectivity index (χ1n) is 13.6. The summed E-state index contributed by atoms with van der Waals surface area (Å²) in [5.74, 6) is 0.899. The smallest absolute Gasteiger partial charge is 0.135 e. The molecular formula is C37H29IrN2O-. The molecule has 4 heteroatoms. The normalized spacial score (nSPS) is 11.2. The van der Waals surface area contributed by atoms with E-state index < -0.39 is 0 Å². The van der Waals surface area contributed by atoms with Gasteiger partial charge >= 0.3 is 0 Å². The van der Waals surface area contributed by atoms with Crippen LogP contribution in [0.5, 0.6) is 0 Å². The van der Waals surface area contributed by atoms with E-state index in [2.05, 4.69) is 104 Å². The Morgan fingerprint density at radius 3 is 2.24 bits per heavy atom. The number of aromatic nitrogens is 2. The quantitative estimate of drug-likeness (QED) is 0.171. The van der Waals surface area contributed by atoms with E-state index in [9.17, 15) is 0 Å². The third-order valence-corrected chi connectivity index (χ3v) is 7.97. The molecule has 203 valence electrons. The number of benzene rings is 5. The van der Waals surface area contributed by atoms with Crippen LogP contribution in [-0.4, -0.2) is 9.55 Å². The number of hydrogen-bond acceptors (Lipinski definition) is 2.